The molecule has 4 aromatic carbocycles. The van der Waals surface area contributed by atoms with E-state index in [9.17, 15) is 0 Å². The number of hydrogen-bond acceptors (Lipinski definition) is 4. The van der Waals surface area contributed by atoms with Gasteiger partial charge in [-0.25, -0.2) is 0 Å². The minimum atomic E-state index is -0.486. The zero-order chi connectivity index (χ0) is 26.7. The van der Waals surface area contributed by atoms with Crippen molar-refractivity contribution in [2.24, 2.45) is 0 Å². The first-order valence-electron chi connectivity index (χ1n) is 13.7. The summed E-state index contributed by atoms with van der Waals surface area (Å²) in [5.41, 5.74) is 0. The molecule has 0 spiro atoms. The number of nitrogens with one attached hydrogen (secondary N) is 6. The molecule has 193 valence electrons. The molecular weight excluding hydrogens is 523 g/mol. The summed E-state index contributed by atoms with van der Waals surface area (Å²) in [7, 11) is 0. The van der Waals surface area contributed by atoms with Gasteiger partial charge in [-0.2, -0.15) is 0 Å². The van der Waals surface area contributed by atoms with Crippen LogP contribution < -0.4 is 21.3 Å². The zero-order valence-corrected chi connectivity index (χ0v) is 22.9. The Kier molecular flexibility index (Phi) is 4.05. The summed E-state index contributed by atoms with van der Waals surface area (Å²) >= 11 is -0.486. The number of benzene rings is 4. The van der Waals surface area contributed by atoms with Crippen molar-refractivity contribution in [3.8, 4) is 0 Å². The van der Waals surface area contributed by atoms with Crippen LogP contribution in [0.3, 0.4) is 0 Å². The van der Waals surface area contributed by atoms with Crippen molar-refractivity contribution in [2.45, 2.75) is 0 Å². The fourth-order valence-corrected chi connectivity index (χ4v) is 8.12. The lowest BCUT2D eigenvalue weighted by atomic mass is 10.2. The van der Waals surface area contributed by atoms with Gasteiger partial charge in [0.2, 0.25) is 0 Å². The maximum atomic E-state index is 3.84. The van der Waals surface area contributed by atoms with E-state index in [0.717, 1.165) is 68.1 Å². The van der Waals surface area contributed by atoms with Crippen LogP contribution in [0.15, 0.2) is 97.1 Å². The molecule has 2 aliphatic heterocycles. The molecule has 1 radical (unpaired) electrons. The standard InChI is InChI=1S/C32H22N8.Al/c1-2-10-18-17(9-1)25-33-26(18)38-28-21-13-5-6-14-22(21)30(35-28)40-32-24-16-8-7-15-23(24)31(36-32)39-29-20-12-4-3-11-19(20)27(34-29)37-25;/h1-16,33,36-40H;/q-2;+2. The summed E-state index contributed by atoms with van der Waals surface area (Å²) in [5.74, 6) is 8.13. The highest BCUT2D eigenvalue weighted by molar-refractivity contribution is 6.40. The molecule has 0 amide bonds. The number of rotatable bonds is 0. The van der Waals surface area contributed by atoms with E-state index in [0.29, 0.717) is 0 Å². The van der Waals surface area contributed by atoms with E-state index < -0.39 is 15.7 Å². The molecule has 0 unspecified atom stereocenters. The Balaban J connectivity index is 1.40. The van der Waals surface area contributed by atoms with Gasteiger partial charge in [0.1, 0.15) is 23.3 Å². The van der Waals surface area contributed by atoms with Crippen LogP contribution in [-0.2, 0) is 0 Å². The highest BCUT2D eigenvalue weighted by atomic mass is 27.1. The highest BCUT2D eigenvalue weighted by Gasteiger charge is 2.29. The zero-order valence-electron chi connectivity index (χ0n) is 21.7. The highest BCUT2D eigenvalue weighted by Crippen LogP contribution is 2.46. The van der Waals surface area contributed by atoms with Gasteiger partial charge in [-0.1, -0.05) is 97.1 Å². The summed E-state index contributed by atoms with van der Waals surface area (Å²) < 4.78 is 4.86. The summed E-state index contributed by atoms with van der Waals surface area (Å²) in [5, 5.41) is 24.6. The predicted molar refractivity (Wildman–Crippen MR) is 170 cm³/mol. The Morgan fingerprint density at radius 1 is 0.341 bits per heavy atom. The van der Waals surface area contributed by atoms with Gasteiger partial charge in [0.25, 0.3) is 0 Å². The lowest BCUT2D eigenvalue weighted by molar-refractivity contribution is 1.10. The quantitative estimate of drug-likeness (QED) is 0.109. The third-order valence-electron chi connectivity index (χ3n) is 8.47. The minimum absolute atomic E-state index is 0.486. The largest absolute Gasteiger partial charge is 0.568 e. The summed E-state index contributed by atoms with van der Waals surface area (Å²) in [4.78, 5) is 7.39. The van der Waals surface area contributed by atoms with Crippen LogP contribution >= 0.6 is 0 Å². The van der Waals surface area contributed by atoms with Gasteiger partial charge in [-0.3, -0.25) is 0 Å². The molecule has 8 nitrogen and oxygen atoms in total. The molecule has 6 heterocycles. The van der Waals surface area contributed by atoms with Crippen LogP contribution in [0, 0.1) is 0 Å². The van der Waals surface area contributed by atoms with Crippen molar-refractivity contribution in [1.29, 1.82) is 0 Å². The fraction of sp³-hybridized carbons (Fsp3) is 0. The van der Waals surface area contributed by atoms with Gasteiger partial charge in [-0.05, 0) is 0 Å². The average molecular weight is 546 g/mol. The first-order chi connectivity index (χ1) is 20.3. The van der Waals surface area contributed by atoms with Crippen molar-refractivity contribution < 1.29 is 0 Å². The van der Waals surface area contributed by atoms with Crippen LogP contribution in [0.5, 0.6) is 0 Å². The molecule has 41 heavy (non-hydrogen) atoms. The number of hydrogen-bond donors (Lipinski definition) is 6. The van der Waals surface area contributed by atoms with E-state index >= 15 is 0 Å². The smallest absolute Gasteiger partial charge is 0.392 e. The Morgan fingerprint density at radius 2 is 0.585 bits per heavy atom. The van der Waals surface area contributed by atoms with Crippen molar-refractivity contribution in [3.63, 3.8) is 0 Å². The number of anilines is 8. The maximum Gasteiger partial charge on any atom is 0.568 e. The molecule has 6 N–H and O–H groups in total. The second-order valence-electron chi connectivity index (χ2n) is 10.7. The Labute approximate surface area is 240 Å². The molecule has 0 aliphatic carbocycles. The molecule has 0 saturated carbocycles. The van der Waals surface area contributed by atoms with E-state index in [-0.39, 0.29) is 0 Å². The summed E-state index contributed by atoms with van der Waals surface area (Å²) in [6.45, 7) is 0. The van der Waals surface area contributed by atoms with E-state index in [1.807, 2.05) is 0 Å². The summed E-state index contributed by atoms with van der Waals surface area (Å²) in [6.07, 6.45) is 0. The Hall–Kier alpha value is -5.23. The summed E-state index contributed by atoms with van der Waals surface area (Å²) in [6, 6.07) is 34.3. The van der Waals surface area contributed by atoms with Crippen LogP contribution in [-0.4, -0.2) is 32.7 Å². The van der Waals surface area contributed by atoms with Crippen LogP contribution in [0.4, 0.5) is 46.5 Å². The monoisotopic (exact) mass is 545 g/mol. The fourth-order valence-electron chi connectivity index (χ4n) is 6.62. The second kappa shape index (κ2) is 7.70. The molecule has 0 saturated heterocycles. The van der Waals surface area contributed by atoms with Crippen LogP contribution in [0.25, 0.3) is 43.1 Å². The SMILES string of the molecule is c1ccc2c3[nH]c(c2c1)Nc1c2ccccc2c2[n]1[Al][n]1c(c4ccccc4c1Nc1[nH]c(c4ccccc14)N2)N3. The first-order valence-corrected chi connectivity index (χ1v) is 14.8. The first kappa shape index (κ1) is 21.6. The molecule has 8 aromatic rings. The van der Waals surface area contributed by atoms with Gasteiger partial charge in [0.15, 0.2) is 0 Å². The Morgan fingerprint density at radius 3 is 0.854 bits per heavy atom. The van der Waals surface area contributed by atoms with Gasteiger partial charge in [0, 0.05) is 43.1 Å². The molecule has 6 bridgehead atoms. The van der Waals surface area contributed by atoms with Gasteiger partial charge >= 0.3 is 15.7 Å². The van der Waals surface area contributed by atoms with Crippen molar-refractivity contribution >= 4 is 105 Å². The molecule has 4 aromatic heterocycles. The van der Waals surface area contributed by atoms with Crippen molar-refractivity contribution in [1.82, 2.24) is 17.1 Å². The van der Waals surface area contributed by atoms with Gasteiger partial charge < -0.3 is 38.3 Å². The average Bonchev–Trinajstić information content (AvgIpc) is 3.72. The number of nitrogens with zero attached hydrogens (tertiary/aromatic N) is 2. The van der Waals surface area contributed by atoms with Crippen LogP contribution in [0.1, 0.15) is 0 Å². The van der Waals surface area contributed by atoms with E-state index in [2.05, 4.69) is 135 Å². The lowest BCUT2D eigenvalue weighted by Gasteiger charge is -2.21. The normalized spacial score (nSPS) is 13.4. The van der Waals surface area contributed by atoms with Gasteiger partial charge in [0.05, 0.1) is 23.3 Å². The lowest BCUT2D eigenvalue weighted by Crippen LogP contribution is -2.23. The van der Waals surface area contributed by atoms with E-state index in [1.165, 1.54) is 21.5 Å². The number of aromatic nitrogens is 4. The molecule has 2 aliphatic rings. The third kappa shape index (κ3) is 2.84. The minimum Gasteiger partial charge on any atom is -0.392 e. The maximum absolute atomic E-state index is 3.84. The number of H-pyrrole nitrogens is 2. The van der Waals surface area contributed by atoms with Crippen molar-refractivity contribution in [3.05, 3.63) is 97.1 Å². The van der Waals surface area contributed by atoms with Crippen molar-refractivity contribution in [2.75, 3.05) is 21.3 Å². The molecule has 0 atom stereocenters. The molecular formula is C32H22AlN8. The third-order valence-corrected chi connectivity index (χ3v) is 9.97. The van der Waals surface area contributed by atoms with Gasteiger partial charge in [-0.15, -0.1) is 0 Å². The van der Waals surface area contributed by atoms with E-state index in [1.54, 1.807) is 0 Å². The Bertz CT molecular complexity index is 2050. The second-order valence-corrected chi connectivity index (χ2v) is 11.9. The molecule has 9 heteroatoms. The molecule has 0 fully saturated rings. The topological polar surface area (TPSA) is 89.6 Å². The predicted octanol–water partition coefficient (Wildman–Crippen LogP) is 8.09. The van der Waals surface area contributed by atoms with E-state index in [4.69, 9.17) is 0 Å². The number of fused-ring (bicyclic) bond motifs is 16. The number of aromatic amines is 2. The molecule has 10 rings (SSSR count). The van der Waals surface area contributed by atoms with Crippen LogP contribution in [0.2, 0.25) is 0 Å².